The Hall–Kier alpha value is -1.39. The monoisotopic (exact) mass is 252 g/mol. The first-order valence-corrected chi connectivity index (χ1v) is 8.07. The Kier molecular flexibility index (Phi) is 3.30. The van der Waals surface area contributed by atoms with Gasteiger partial charge in [0.25, 0.3) is 0 Å². The summed E-state index contributed by atoms with van der Waals surface area (Å²) in [5, 5.41) is 3.25. The molecule has 0 bridgehead atoms. The number of hydrogen-bond donors (Lipinski definition) is 0. The van der Waals surface area contributed by atoms with Crippen LogP contribution >= 0.6 is 7.92 Å². The summed E-state index contributed by atoms with van der Waals surface area (Å²) in [4.78, 5) is 0. The maximum Gasteiger partial charge on any atom is -0.00368 e. The molecule has 0 unspecified atom stereocenters. The largest absolute Gasteiger partial charge is 0.0650 e. The van der Waals surface area contributed by atoms with Gasteiger partial charge in [0.2, 0.25) is 0 Å². The highest BCUT2D eigenvalue weighted by Crippen LogP contribution is 2.78. The molecule has 0 saturated heterocycles. The Morgan fingerprint density at radius 2 is 1.17 bits per heavy atom. The fourth-order valence-electron chi connectivity index (χ4n) is 2.42. The Balaban J connectivity index is 1.97. The van der Waals surface area contributed by atoms with Crippen molar-refractivity contribution in [1.82, 2.24) is 0 Å². The predicted octanol–water partition coefficient (Wildman–Crippen LogP) is 5.42. The van der Waals surface area contributed by atoms with E-state index < -0.39 is 0 Å². The van der Waals surface area contributed by atoms with Crippen LogP contribution in [0.1, 0.15) is 24.5 Å². The summed E-state index contributed by atoms with van der Waals surface area (Å²) < 4.78 is 0. The van der Waals surface area contributed by atoms with Gasteiger partial charge in [-0.25, -0.2) is 0 Å². The van der Waals surface area contributed by atoms with Crippen molar-refractivity contribution in [3.63, 3.8) is 0 Å². The highest BCUT2D eigenvalue weighted by Gasteiger charge is 2.36. The molecule has 1 aliphatic rings. The lowest BCUT2D eigenvalue weighted by molar-refractivity contribution is 1.10. The second kappa shape index (κ2) is 5.08. The van der Waals surface area contributed by atoms with Crippen molar-refractivity contribution in [2.24, 2.45) is 0 Å². The zero-order chi connectivity index (χ0) is 12.4. The van der Waals surface area contributed by atoms with Crippen molar-refractivity contribution in [2.75, 3.05) is 6.16 Å². The molecule has 3 rings (SSSR count). The van der Waals surface area contributed by atoms with Crippen molar-refractivity contribution in [1.29, 1.82) is 0 Å². The van der Waals surface area contributed by atoms with Gasteiger partial charge in [0.05, 0.1) is 0 Å². The first-order chi connectivity index (χ1) is 8.92. The van der Waals surface area contributed by atoms with E-state index in [1.165, 1.54) is 23.7 Å². The smallest absolute Gasteiger partial charge is 0.00368 e. The summed E-state index contributed by atoms with van der Waals surface area (Å²) in [5.74, 6) is 0. The molecule has 0 amide bonds. The molecule has 0 spiro atoms. The molecule has 1 heterocycles. The van der Waals surface area contributed by atoms with Gasteiger partial charge in [-0.3, -0.25) is 0 Å². The van der Waals surface area contributed by atoms with Gasteiger partial charge in [-0.05, 0) is 35.8 Å². The maximum absolute atomic E-state index is 2.28. The van der Waals surface area contributed by atoms with Crippen LogP contribution in [0.3, 0.4) is 0 Å². The lowest BCUT2D eigenvalue weighted by Crippen LogP contribution is -1.73. The molecule has 0 atom stereocenters. The van der Waals surface area contributed by atoms with Crippen molar-refractivity contribution in [3.8, 4) is 0 Å². The molecule has 1 aliphatic heterocycles. The minimum atomic E-state index is 0.00334. The highest BCUT2D eigenvalue weighted by molar-refractivity contribution is 7.89. The van der Waals surface area contributed by atoms with Crippen LogP contribution in [0.5, 0.6) is 0 Å². The van der Waals surface area contributed by atoms with Crippen molar-refractivity contribution in [2.45, 2.75) is 13.3 Å². The van der Waals surface area contributed by atoms with Gasteiger partial charge in [-0.2, -0.15) is 0 Å². The fraction of sp³-hybridized carbons (Fsp3) is 0.176. The lowest BCUT2D eigenvalue weighted by Gasteiger charge is -1.99. The van der Waals surface area contributed by atoms with Crippen LogP contribution in [0.4, 0.5) is 0 Å². The Morgan fingerprint density at radius 1 is 0.722 bits per heavy atom. The van der Waals surface area contributed by atoms with E-state index in [-0.39, 0.29) is 7.92 Å². The molecular formula is C17H17P. The zero-order valence-electron chi connectivity index (χ0n) is 10.6. The Labute approximate surface area is 110 Å². The van der Waals surface area contributed by atoms with Gasteiger partial charge >= 0.3 is 0 Å². The first-order valence-electron chi connectivity index (χ1n) is 6.54. The van der Waals surface area contributed by atoms with Crippen LogP contribution in [0.2, 0.25) is 0 Å². The summed E-state index contributed by atoms with van der Waals surface area (Å²) in [5.41, 5.74) is 2.85. The van der Waals surface area contributed by atoms with E-state index in [2.05, 4.69) is 67.6 Å². The minimum Gasteiger partial charge on any atom is -0.0650 e. The first kappa shape index (κ1) is 11.7. The van der Waals surface area contributed by atoms with E-state index in [1.807, 2.05) is 0 Å². The summed E-state index contributed by atoms with van der Waals surface area (Å²) >= 11 is 0. The van der Waals surface area contributed by atoms with Crippen LogP contribution in [0.15, 0.2) is 60.7 Å². The number of hydrogen-bond acceptors (Lipinski definition) is 0. The van der Waals surface area contributed by atoms with Gasteiger partial charge in [-0.1, -0.05) is 74.0 Å². The van der Waals surface area contributed by atoms with Crippen molar-refractivity contribution >= 4 is 18.5 Å². The molecule has 0 nitrogen and oxygen atoms in total. The van der Waals surface area contributed by atoms with Gasteiger partial charge in [-0.15, -0.1) is 0 Å². The van der Waals surface area contributed by atoms with E-state index >= 15 is 0 Å². The third kappa shape index (κ3) is 2.13. The number of rotatable bonds is 4. The SMILES string of the molecule is CCCP1C(c2ccccc2)=C1c1ccccc1. The second-order valence-electron chi connectivity index (χ2n) is 4.58. The quantitative estimate of drug-likeness (QED) is 0.637. The Morgan fingerprint density at radius 3 is 1.56 bits per heavy atom. The summed E-state index contributed by atoms with van der Waals surface area (Å²) in [6.45, 7) is 2.28. The molecule has 2 aromatic carbocycles. The average Bonchev–Trinajstić information content (AvgIpc) is 3.15. The minimum absolute atomic E-state index is 0.00334. The van der Waals surface area contributed by atoms with Crippen LogP contribution in [-0.4, -0.2) is 6.16 Å². The lowest BCUT2D eigenvalue weighted by atomic mass is 10.1. The molecule has 18 heavy (non-hydrogen) atoms. The third-order valence-corrected chi connectivity index (χ3v) is 5.97. The molecule has 0 radical (unpaired) electrons. The highest BCUT2D eigenvalue weighted by atomic mass is 31.1. The molecule has 0 aromatic heterocycles. The summed E-state index contributed by atoms with van der Waals surface area (Å²) in [6.07, 6.45) is 2.61. The Bertz CT molecular complexity index is 505. The standard InChI is InChI=1S/C17H17P/c1-2-13-18-16(14-9-5-3-6-10-14)17(18)15-11-7-4-8-12-15/h3-12H,2,13H2,1H3. The van der Waals surface area contributed by atoms with E-state index in [4.69, 9.17) is 0 Å². The predicted molar refractivity (Wildman–Crippen MR) is 81.8 cm³/mol. The molecule has 0 aliphatic carbocycles. The molecular weight excluding hydrogens is 235 g/mol. The second-order valence-corrected chi connectivity index (χ2v) is 6.78. The molecule has 0 N–H and O–H groups in total. The van der Waals surface area contributed by atoms with Crippen LogP contribution in [0, 0.1) is 0 Å². The normalized spacial score (nSPS) is 14.9. The molecule has 0 fully saturated rings. The van der Waals surface area contributed by atoms with Gasteiger partial charge < -0.3 is 0 Å². The summed E-state index contributed by atoms with van der Waals surface area (Å²) in [6, 6.07) is 21.7. The topological polar surface area (TPSA) is 0 Å². The van der Waals surface area contributed by atoms with E-state index in [0.717, 1.165) is 0 Å². The van der Waals surface area contributed by atoms with E-state index in [9.17, 15) is 0 Å². The molecule has 2 aromatic rings. The fourth-order valence-corrected chi connectivity index (χ4v) is 5.11. The van der Waals surface area contributed by atoms with E-state index in [1.54, 1.807) is 10.6 Å². The summed E-state index contributed by atoms with van der Waals surface area (Å²) in [7, 11) is 0.00334. The van der Waals surface area contributed by atoms with Crippen molar-refractivity contribution < 1.29 is 0 Å². The maximum atomic E-state index is 2.28. The van der Waals surface area contributed by atoms with Crippen LogP contribution in [-0.2, 0) is 0 Å². The third-order valence-electron chi connectivity index (χ3n) is 3.26. The van der Waals surface area contributed by atoms with Crippen LogP contribution < -0.4 is 0 Å². The van der Waals surface area contributed by atoms with Crippen LogP contribution in [0.25, 0.3) is 10.6 Å². The van der Waals surface area contributed by atoms with Gasteiger partial charge in [0, 0.05) is 0 Å². The zero-order valence-corrected chi connectivity index (χ0v) is 11.5. The van der Waals surface area contributed by atoms with Gasteiger partial charge in [0.15, 0.2) is 0 Å². The molecule has 90 valence electrons. The molecule has 1 heteroatoms. The number of benzene rings is 2. The van der Waals surface area contributed by atoms with Gasteiger partial charge in [0.1, 0.15) is 0 Å². The van der Waals surface area contributed by atoms with E-state index in [0.29, 0.717) is 0 Å². The molecule has 0 saturated carbocycles. The van der Waals surface area contributed by atoms with Crippen molar-refractivity contribution in [3.05, 3.63) is 71.8 Å². The average molecular weight is 252 g/mol.